The molecule has 2 aromatic carbocycles. The summed E-state index contributed by atoms with van der Waals surface area (Å²) in [6.45, 7) is 2.46. The van der Waals surface area contributed by atoms with E-state index < -0.39 is 5.97 Å². The van der Waals surface area contributed by atoms with Crippen LogP contribution in [0.25, 0.3) is 10.9 Å². The first kappa shape index (κ1) is 14.3. The van der Waals surface area contributed by atoms with Crippen molar-refractivity contribution in [2.45, 2.75) is 19.9 Å². The van der Waals surface area contributed by atoms with E-state index in [4.69, 9.17) is 0 Å². The maximum Gasteiger partial charge on any atom is 0.352 e. The number of halogens is 1. The molecule has 112 valence electrons. The zero-order valence-corrected chi connectivity index (χ0v) is 12.2. The lowest BCUT2D eigenvalue weighted by Crippen LogP contribution is -2.09. The molecule has 3 rings (SSSR count). The van der Waals surface area contributed by atoms with Crippen molar-refractivity contribution in [1.82, 2.24) is 4.57 Å². The van der Waals surface area contributed by atoms with Crippen molar-refractivity contribution in [2.24, 2.45) is 0 Å². The van der Waals surface area contributed by atoms with Crippen molar-refractivity contribution < 1.29 is 14.3 Å². The van der Waals surface area contributed by atoms with Crippen LogP contribution in [-0.4, -0.2) is 15.6 Å². The Morgan fingerprint density at radius 2 is 1.77 bits per heavy atom. The SMILES string of the molecule is CCc1ccc2c(c1)cc(C(=O)O)n2Cc1ccc(F)cc1. The normalized spacial score (nSPS) is 11.0. The van der Waals surface area contributed by atoms with E-state index in [1.165, 1.54) is 17.7 Å². The zero-order chi connectivity index (χ0) is 15.7. The third kappa shape index (κ3) is 2.60. The summed E-state index contributed by atoms with van der Waals surface area (Å²) in [6.07, 6.45) is 0.904. The fourth-order valence-electron chi connectivity index (χ4n) is 2.66. The van der Waals surface area contributed by atoms with Crippen LogP contribution in [0.3, 0.4) is 0 Å². The summed E-state index contributed by atoms with van der Waals surface area (Å²) >= 11 is 0. The van der Waals surface area contributed by atoms with Crippen molar-refractivity contribution >= 4 is 16.9 Å². The van der Waals surface area contributed by atoms with Gasteiger partial charge in [0, 0.05) is 17.4 Å². The van der Waals surface area contributed by atoms with Gasteiger partial charge in [0.15, 0.2) is 0 Å². The number of hydrogen-bond donors (Lipinski definition) is 1. The highest BCUT2D eigenvalue weighted by Gasteiger charge is 2.15. The number of hydrogen-bond acceptors (Lipinski definition) is 1. The van der Waals surface area contributed by atoms with Gasteiger partial charge in [0.25, 0.3) is 0 Å². The number of rotatable bonds is 4. The molecule has 4 heteroatoms. The molecule has 0 unspecified atom stereocenters. The van der Waals surface area contributed by atoms with Gasteiger partial charge in [0.1, 0.15) is 11.5 Å². The lowest BCUT2D eigenvalue weighted by molar-refractivity contribution is 0.0686. The number of carboxylic acids is 1. The average molecular weight is 297 g/mol. The van der Waals surface area contributed by atoms with Crippen molar-refractivity contribution in [2.75, 3.05) is 0 Å². The van der Waals surface area contributed by atoms with Crippen LogP contribution in [0.4, 0.5) is 4.39 Å². The van der Waals surface area contributed by atoms with E-state index >= 15 is 0 Å². The molecule has 3 aromatic rings. The Bertz CT molecular complexity index is 834. The molecular formula is C18H16FNO2. The Balaban J connectivity index is 2.11. The molecule has 0 saturated carbocycles. The second-order valence-corrected chi connectivity index (χ2v) is 5.29. The summed E-state index contributed by atoms with van der Waals surface area (Å²) in [5.41, 5.74) is 3.15. The molecule has 22 heavy (non-hydrogen) atoms. The van der Waals surface area contributed by atoms with E-state index in [0.29, 0.717) is 6.54 Å². The lowest BCUT2D eigenvalue weighted by Gasteiger charge is -2.09. The highest BCUT2D eigenvalue weighted by atomic mass is 19.1. The number of carboxylic acid groups (broad SMARTS) is 1. The minimum atomic E-state index is -0.962. The van der Waals surface area contributed by atoms with Gasteiger partial charge in [-0.1, -0.05) is 25.1 Å². The number of aromatic carboxylic acids is 1. The molecular weight excluding hydrogens is 281 g/mol. The number of aryl methyl sites for hydroxylation is 1. The summed E-state index contributed by atoms with van der Waals surface area (Å²) in [4.78, 5) is 11.5. The summed E-state index contributed by atoms with van der Waals surface area (Å²) in [5, 5.41) is 10.4. The van der Waals surface area contributed by atoms with E-state index in [2.05, 4.69) is 6.92 Å². The van der Waals surface area contributed by atoms with Gasteiger partial charge < -0.3 is 9.67 Å². The van der Waals surface area contributed by atoms with E-state index in [-0.39, 0.29) is 11.5 Å². The Labute approximate surface area is 127 Å². The number of nitrogens with zero attached hydrogens (tertiary/aromatic N) is 1. The van der Waals surface area contributed by atoms with E-state index in [1.807, 2.05) is 18.2 Å². The van der Waals surface area contributed by atoms with Gasteiger partial charge in [-0.15, -0.1) is 0 Å². The minimum Gasteiger partial charge on any atom is -0.477 e. The van der Waals surface area contributed by atoms with E-state index in [0.717, 1.165) is 22.9 Å². The molecule has 0 aliphatic heterocycles. The highest BCUT2D eigenvalue weighted by Crippen LogP contribution is 2.23. The molecule has 0 aliphatic rings. The summed E-state index contributed by atoms with van der Waals surface area (Å²) in [6, 6.07) is 13.8. The Morgan fingerprint density at radius 3 is 2.41 bits per heavy atom. The lowest BCUT2D eigenvalue weighted by atomic mass is 10.1. The topological polar surface area (TPSA) is 42.2 Å². The predicted molar refractivity (Wildman–Crippen MR) is 83.8 cm³/mol. The molecule has 0 radical (unpaired) electrons. The third-order valence-corrected chi connectivity index (χ3v) is 3.85. The number of fused-ring (bicyclic) bond motifs is 1. The van der Waals surface area contributed by atoms with Crippen LogP contribution in [-0.2, 0) is 13.0 Å². The second-order valence-electron chi connectivity index (χ2n) is 5.29. The number of carbonyl (C=O) groups is 1. The predicted octanol–water partition coefficient (Wildman–Crippen LogP) is 4.09. The summed E-state index contributed by atoms with van der Waals surface area (Å²) < 4.78 is 14.8. The average Bonchev–Trinajstić information content (AvgIpc) is 2.87. The summed E-state index contributed by atoms with van der Waals surface area (Å²) in [5.74, 6) is -1.26. The van der Waals surface area contributed by atoms with Crippen molar-refractivity contribution in [3.05, 3.63) is 71.2 Å². The second kappa shape index (κ2) is 5.64. The van der Waals surface area contributed by atoms with Crippen LogP contribution in [0.2, 0.25) is 0 Å². The van der Waals surface area contributed by atoms with Gasteiger partial charge >= 0.3 is 5.97 Å². The van der Waals surface area contributed by atoms with Crippen LogP contribution in [0.1, 0.15) is 28.5 Å². The Hall–Kier alpha value is -2.62. The summed E-state index contributed by atoms with van der Waals surface area (Å²) in [7, 11) is 0. The standard InChI is InChI=1S/C18H16FNO2/c1-2-12-5-8-16-14(9-12)10-17(18(21)22)20(16)11-13-3-6-15(19)7-4-13/h3-10H,2,11H2,1H3,(H,21,22). The molecule has 3 nitrogen and oxygen atoms in total. The number of benzene rings is 2. The molecule has 1 aromatic heterocycles. The van der Waals surface area contributed by atoms with Crippen LogP contribution < -0.4 is 0 Å². The smallest absolute Gasteiger partial charge is 0.352 e. The van der Waals surface area contributed by atoms with Gasteiger partial charge in [-0.25, -0.2) is 9.18 Å². The highest BCUT2D eigenvalue weighted by molar-refractivity contribution is 5.95. The minimum absolute atomic E-state index is 0.243. The molecule has 0 amide bonds. The largest absolute Gasteiger partial charge is 0.477 e. The molecule has 0 fully saturated rings. The molecule has 0 atom stereocenters. The maximum absolute atomic E-state index is 13.0. The first-order chi connectivity index (χ1) is 10.6. The van der Waals surface area contributed by atoms with Crippen molar-refractivity contribution in [1.29, 1.82) is 0 Å². The zero-order valence-electron chi connectivity index (χ0n) is 12.2. The van der Waals surface area contributed by atoms with Crippen molar-refractivity contribution in [3.63, 3.8) is 0 Å². The first-order valence-electron chi connectivity index (χ1n) is 7.18. The van der Waals surface area contributed by atoms with Gasteiger partial charge in [-0.05, 0) is 47.9 Å². The van der Waals surface area contributed by atoms with E-state index in [9.17, 15) is 14.3 Å². The first-order valence-corrected chi connectivity index (χ1v) is 7.18. The fraction of sp³-hybridized carbons (Fsp3) is 0.167. The molecule has 0 saturated heterocycles. The molecule has 0 aliphatic carbocycles. The van der Waals surface area contributed by atoms with Gasteiger partial charge in [0.2, 0.25) is 0 Å². The van der Waals surface area contributed by atoms with Gasteiger partial charge in [-0.3, -0.25) is 0 Å². The van der Waals surface area contributed by atoms with Crippen LogP contribution in [0.5, 0.6) is 0 Å². The maximum atomic E-state index is 13.0. The number of aromatic nitrogens is 1. The van der Waals surface area contributed by atoms with Crippen LogP contribution >= 0.6 is 0 Å². The molecule has 1 heterocycles. The molecule has 1 N–H and O–H groups in total. The van der Waals surface area contributed by atoms with Crippen LogP contribution in [0, 0.1) is 5.82 Å². The Morgan fingerprint density at radius 1 is 1.09 bits per heavy atom. The van der Waals surface area contributed by atoms with Crippen molar-refractivity contribution in [3.8, 4) is 0 Å². The van der Waals surface area contributed by atoms with Gasteiger partial charge in [-0.2, -0.15) is 0 Å². The van der Waals surface area contributed by atoms with E-state index in [1.54, 1.807) is 22.8 Å². The van der Waals surface area contributed by atoms with Gasteiger partial charge in [0.05, 0.1) is 0 Å². The monoisotopic (exact) mass is 297 g/mol. The van der Waals surface area contributed by atoms with Crippen LogP contribution in [0.15, 0.2) is 48.5 Å². The fourth-order valence-corrected chi connectivity index (χ4v) is 2.66. The third-order valence-electron chi connectivity index (χ3n) is 3.85. The molecule has 0 spiro atoms. The molecule has 0 bridgehead atoms. The quantitative estimate of drug-likeness (QED) is 0.788. The Kier molecular flexibility index (Phi) is 3.67.